The van der Waals surface area contributed by atoms with Crippen LogP contribution >= 0.6 is 0 Å². The zero-order chi connectivity index (χ0) is 8.01. The lowest BCUT2D eigenvalue weighted by Gasteiger charge is -2.22. The van der Waals surface area contributed by atoms with E-state index in [1.807, 2.05) is 0 Å². The molecular formula is C10H19N. The topological polar surface area (TPSA) is 3.24 Å². The van der Waals surface area contributed by atoms with Gasteiger partial charge in [0.25, 0.3) is 0 Å². The molecule has 2 aliphatic rings. The van der Waals surface area contributed by atoms with Crippen molar-refractivity contribution in [1.82, 2.24) is 4.90 Å². The maximum Gasteiger partial charge on any atom is 0.0149 e. The van der Waals surface area contributed by atoms with Crippen molar-refractivity contribution in [3.63, 3.8) is 0 Å². The van der Waals surface area contributed by atoms with E-state index >= 15 is 0 Å². The molecule has 2 rings (SSSR count). The van der Waals surface area contributed by atoms with Gasteiger partial charge in [-0.15, -0.1) is 0 Å². The van der Waals surface area contributed by atoms with E-state index in [0.29, 0.717) is 0 Å². The molecule has 0 aromatic rings. The first-order chi connectivity index (χ1) is 5.20. The summed E-state index contributed by atoms with van der Waals surface area (Å²) in [5.74, 6) is 2.93. The first-order valence-electron chi connectivity index (χ1n) is 4.90. The average molecular weight is 153 g/mol. The molecule has 1 nitrogen and oxygen atoms in total. The van der Waals surface area contributed by atoms with Crippen LogP contribution in [-0.4, -0.2) is 24.5 Å². The van der Waals surface area contributed by atoms with Crippen molar-refractivity contribution in [2.45, 2.75) is 32.7 Å². The molecule has 0 amide bonds. The summed E-state index contributed by atoms with van der Waals surface area (Å²) < 4.78 is 0. The highest BCUT2D eigenvalue weighted by atomic mass is 15.2. The van der Waals surface area contributed by atoms with E-state index in [4.69, 9.17) is 0 Å². The largest absolute Gasteiger partial charge is 0.303 e. The molecule has 0 aromatic carbocycles. The molecule has 0 aromatic heterocycles. The lowest BCUT2D eigenvalue weighted by molar-refractivity contribution is 0.245. The molecule has 1 aliphatic carbocycles. The Kier molecular flexibility index (Phi) is 1.71. The highest BCUT2D eigenvalue weighted by molar-refractivity contribution is 4.97. The van der Waals surface area contributed by atoms with E-state index in [0.717, 1.165) is 23.8 Å². The summed E-state index contributed by atoms with van der Waals surface area (Å²) in [6, 6.07) is 0.921. The second-order valence-corrected chi connectivity index (χ2v) is 4.63. The van der Waals surface area contributed by atoms with Gasteiger partial charge in [0, 0.05) is 12.6 Å². The van der Waals surface area contributed by atoms with Crippen molar-refractivity contribution in [1.29, 1.82) is 0 Å². The SMILES string of the molecule is CC1CN(C)C2C(C)CCC12. The van der Waals surface area contributed by atoms with E-state index < -0.39 is 0 Å². The molecule has 4 atom stereocenters. The van der Waals surface area contributed by atoms with Crippen LogP contribution in [0.25, 0.3) is 0 Å². The van der Waals surface area contributed by atoms with Gasteiger partial charge in [-0.05, 0) is 37.6 Å². The molecule has 4 unspecified atom stereocenters. The molecule has 0 spiro atoms. The summed E-state index contributed by atoms with van der Waals surface area (Å²) in [7, 11) is 2.29. The molecule has 1 saturated carbocycles. The van der Waals surface area contributed by atoms with Crippen LogP contribution in [0.1, 0.15) is 26.7 Å². The van der Waals surface area contributed by atoms with Crippen LogP contribution in [0.3, 0.4) is 0 Å². The standard InChI is InChI=1S/C10H19N/c1-7-4-5-9-8(2)6-11(3)10(7)9/h7-10H,4-6H2,1-3H3. The fourth-order valence-corrected chi connectivity index (χ4v) is 3.31. The lowest BCUT2D eigenvalue weighted by Crippen LogP contribution is -2.30. The summed E-state index contributed by atoms with van der Waals surface area (Å²) in [6.07, 6.45) is 2.95. The Labute approximate surface area is 69.8 Å². The van der Waals surface area contributed by atoms with Gasteiger partial charge in [0.05, 0.1) is 0 Å². The first-order valence-corrected chi connectivity index (χ1v) is 4.90. The Bertz CT molecular complexity index is 155. The van der Waals surface area contributed by atoms with Crippen LogP contribution in [0.15, 0.2) is 0 Å². The minimum atomic E-state index is 0.921. The first kappa shape index (κ1) is 7.60. The predicted molar refractivity (Wildman–Crippen MR) is 47.5 cm³/mol. The van der Waals surface area contributed by atoms with Crippen molar-refractivity contribution in [3.05, 3.63) is 0 Å². The maximum atomic E-state index is 2.58. The molecule has 1 aliphatic heterocycles. The zero-order valence-electron chi connectivity index (χ0n) is 7.88. The van der Waals surface area contributed by atoms with Crippen molar-refractivity contribution >= 4 is 0 Å². The highest BCUT2D eigenvalue weighted by Crippen LogP contribution is 2.43. The Morgan fingerprint density at radius 3 is 2.45 bits per heavy atom. The van der Waals surface area contributed by atoms with E-state index in [1.54, 1.807) is 0 Å². The van der Waals surface area contributed by atoms with Gasteiger partial charge in [-0.2, -0.15) is 0 Å². The summed E-state index contributed by atoms with van der Waals surface area (Å²) in [6.45, 7) is 6.16. The molecule has 11 heavy (non-hydrogen) atoms. The van der Waals surface area contributed by atoms with Gasteiger partial charge in [0.15, 0.2) is 0 Å². The number of hydrogen-bond donors (Lipinski definition) is 0. The predicted octanol–water partition coefficient (Wildman–Crippen LogP) is 1.98. The lowest BCUT2D eigenvalue weighted by atomic mass is 9.93. The normalized spacial score (nSPS) is 51.5. The smallest absolute Gasteiger partial charge is 0.0149 e. The van der Waals surface area contributed by atoms with Crippen LogP contribution in [0.4, 0.5) is 0 Å². The summed E-state index contributed by atoms with van der Waals surface area (Å²) in [5.41, 5.74) is 0. The number of likely N-dealkylation sites (tertiary alicyclic amines) is 1. The number of fused-ring (bicyclic) bond motifs is 1. The molecule has 0 bridgehead atoms. The van der Waals surface area contributed by atoms with Gasteiger partial charge >= 0.3 is 0 Å². The Morgan fingerprint density at radius 1 is 1.09 bits per heavy atom. The van der Waals surface area contributed by atoms with Crippen LogP contribution in [0.5, 0.6) is 0 Å². The maximum absolute atomic E-state index is 2.58. The van der Waals surface area contributed by atoms with Gasteiger partial charge in [-0.3, -0.25) is 0 Å². The highest BCUT2D eigenvalue weighted by Gasteiger charge is 2.44. The molecule has 1 heteroatoms. The molecular weight excluding hydrogens is 134 g/mol. The zero-order valence-corrected chi connectivity index (χ0v) is 7.88. The minimum absolute atomic E-state index is 0.921. The van der Waals surface area contributed by atoms with Gasteiger partial charge in [-0.25, -0.2) is 0 Å². The van der Waals surface area contributed by atoms with E-state index in [2.05, 4.69) is 25.8 Å². The molecule has 2 fully saturated rings. The third-order valence-electron chi connectivity index (χ3n) is 3.79. The Morgan fingerprint density at radius 2 is 1.82 bits per heavy atom. The van der Waals surface area contributed by atoms with Gasteiger partial charge < -0.3 is 4.90 Å². The average Bonchev–Trinajstić information content (AvgIpc) is 2.41. The molecule has 0 radical (unpaired) electrons. The minimum Gasteiger partial charge on any atom is -0.303 e. The van der Waals surface area contributed by atoms with Crippen LogP contribution < -0.4 is 0 Å². The summed E-state index contributed by atoms with van der Waals surface area (Å²) >= 11 is 0. The fraction of sp³-hybridized carbons (Fsp3) is 1.00. The molecule has 1 heterocycles. The van der Waals surface area contributed by atoms with Gasteiger partial charge in [0.2, 0.25) is 0 Å². The quantitative estimate of drug-likeness (QED) is 0.514. The van der Waals surface area contributed by atoms with Crippen LogP contribution in [0.2, 0.25) is 0 Å². The summed E-state index contributed by atoms with van der Waals surface area (Å²) in [4.78, 5) is 2.58. The number of rotatable bonds is 0. The monoisotopic (exact) mass is 153 g/mol. The molecule has 64 valence electrons. The third-order valence-corrected chi connectivity index (χ3v) is 3.79. The van der Waals surface area contributed by atoms with Crippen molar-refractivity contribution < 1.29 is 0 Å². The molecule has 0 N–H and O–H groups in total. The fourth-order valence-electron chi connectivity index (χ4n) is 3.31. The Balaban J connectivity index is 2.15. The van der Waals surface area contributed by atoms with Crippen LogP contribution in [0, 0.1) is 17.8 Å². The van der Waals surface area contributed by atoms with Crippen molar-refractivity contribution in [3.8, 4) is 0 Å². The Hall–Kier alpha value is -0.0400. The van der Waals surface area contributed by atoms with Crippen molar-refractivity contribution in [2.75, 3.05) is 13.6 Å². The van der Waals surface area contributed by atoms with E-state index in [-0.39, 0.29) is 0 Å². The van der Waals surface area contributed by atoms with E-state index in [9.17, 15) is 0 Å². The van der Waals surface area contributed by atoms with Gasteiger partial charge in [0.1, 0.15) is 0 Å². The van der Waals surface area contributed by atoms with Crippen LogP contribution in [-0.2, 0) is 0 Å². The second kappa shape index (κ2) is 2.48. The number of hydrogen-bond acceptors (Lipinski definition) is 1. The second-order valence-electron chi connectivity index (χ2n) is 4.63. The van der Waals surface area contributed by atoms with Gasteiger partial charge in [-0.1, -0.05) is 13.8 Å². The molecule has 1 saturated heterocycles. The third kappa shape index (κ3) is 1.01. The van der Waals surface area contributed by atoms with E-state index in [1.165, 1.54) is 19.4 Å². The number of nitrogens with zero attached hydrogens (tertiary/aromatic N) is 1. The summed E-state index contributed by atoms with van der Waals surface area (Å²) in [5, 5.41) is 0. The van der Waals surface area contributed by atoms with Crippen molar-refractivity contribution in [2.24, 2.45) is 17.8 Å².